The molecule has 2 fully saturated rings. The fourth-order valence-corrected chi connectivity index (χ4v) is 9.32. The molecule has 1 saturated carbocycles. The Morgan fingerprint density at radius 2 is 1.78 bits per heavy atom. The number of fused-ring (bicyclic) bond motifs is 2. The Hall–Kier alpha value is -3.12. The van der Waals surface area contributed by atoms with Gasteiger partial charge in [0.05, 0.1) is 34.4 Å². The van der Waals surface area contributed by atoms with E-state index in [0.717, 1.165) is 25.0 Å². The topological polar surface area (TPSA) is 79.4 Å². The fourth-order valence-electron chi connectivity index (χ4n) is 6.31. The van der Waals surface area contributed by atoms with Crippen LogP contribution in [0.25, 0.3) is 0 Å². The Labute approximate surface area is 239 Å². The van der Waals surface area contributed by atoms with E-state index in [-0.39, 0.29) is 45.4 Å². The molecule has 216 valence electrons. The molecule has 1 spiro atoms. The number of thioether (sulfide) groups is 1. The number of carbonyl (C=O) groups is 1. The Balaban J connectivity index is 1.43. The predicted molar refractivity (Wildman–Crippen MR) is 148 cm³/mol. The molecule has 41 heavy (non-hydrogen) atoms. The maximum absolute atomic E-state index is 16.6. The van der Waals surface area contributed by atoms with E-state index in [1.807, 2.05) is 0 Å². The number of halogens is 4. The van der Waals surface area contributed by atoms with Crippen molar-refractivity contribution < 1.29 is 30.8 Å². The van der Waals surface area contributed by atoms with Crippen LogP contribution in [0.5, 0.6) is 0 Å². The van der Waals surface area contributed by atoms with Crippen LogP contribution in [0.4, 0.5) is 23.2 Å². The van der Waals surface area contributed by atoms with Crippen molar-refractivity contribution in [1.82, 2.24) is 10.3 Å². The summed E-state index contributed by atoms with van der Waals surface area (Å²) < 4.78 is 86.5. The zero-order chi connectivity index (χ0) is 28.9. The molecular formula is C29H27F4N3O3S2. The molecular weight excluding hydrogens is 578 g/mol. The quantitative estimate of drug-likeness (QED) is 0.336. The van der Waals surface area contributed by atoms with Crippen molar-refractivity contribution in [3.63, 3.8) is 0 Å². The van der Waals surface area contributed by atoms with Crippen LogP contribution in [0, 0.1) is 17.6 Å². The zero-order valence-corrected chi connectivity index (χ0v) is 23.5. The average molecular weight is 606 g/mol. The summed E-state index contributed by atoms with van der Waals surface area (Å²) in [5.41, 5.74) is -1.07. The van der Waals surface area contributed by atoms with E-state index in [1.165, 1.54) is 46.9 Å². The molecule has 1 N–H and O–H groups in total. The van der Waals surface area contributed by atoms with Crippen molar-refractivity contribution in [1.29, 1.82) is 0 Å². The van der Waals surface area contributed by atoms with Gasteiger partial charge in [-0.3, -0.25) is 14.1 Å². The molecule has 6 rings (SSSR count). The number of pyridine rings is 1. The molecule has 3 heterocycles. The molecule has 1 saturated heterocycles. The highest BCUT2D eigenvalue weighted by Crippen LogP contribution is 2.60. The minimum Gasteiger partial charge on any atom is -0.346 e. The first-order valence-corrected chi connectivity index (χ1v) is 16.0. The van der Waals surface area contributed by atoms with E-state index in [1.54, 1.807) is 11.8 Å². The Morgan fingerprint density at radius 3 is 2.44 bits per heavy atom. The summed E-state index contributed by atoms with van der Waals surface area (Å²) in [5, 5.41) is 2.51. The van der Waals surface area contributed by atoms with E-state index in [4.69, 9.17) is 0 Å². The Bertz CT molecular complexity index is 1590. The number of hydrogen-bond acceptors (Lipinski definition) is 5. The summed E-state index contributed by atoms with van der Waals surface area (Å²) in [5.74, 6) is -0.741. The standard InChI is InChI=1S/C29H27F4N3O3S2/c30-18-5-7-19(8-6-18)41(38,39)36-23-10-9-21(28(37)35-16-22-20(27(32)33)2-1-13-34-22)25(31)24(23)29(11-14-40-15-12-29)26(36)17-3-4-17/h1-2,5-10,13,17,26-27H,3-4,11-12,14-16H2,(H,35,37). The van der Waals surface area contributed by atoms with Crippen LogP contribution in [0.1, 0.15) is 59.3 Å². The van der Waals surface area contributed by atoms with Crippen molar-refractivity contribution in [2.75, 3.05) is 15.8 Å². The minimum atomic E-state index is -4.19. The van der Waals surface area contributed by atoms with Gasteiger partial charge in [0.1, 0.15) is 11.6 Å². The molecule has 1 aliphatic carbocycles. The summed E-state index contributed by atoms with van der Waals surface area (Å²) in [6.07, 6.45) is 1.22. The summed E-state index contributed by atoms with van der Waals surface area (Å²) in [4.78, 5) is 17.1. The van der Waals surface area contributed by atoms with Crippen molar-refractivity contribution >= 4 is 33.4 Å². The molecule has 1 atom stereocenters. The summed E-state index contributed by atoms with van der Waals surface area (Å²) in [7, 11) is -4.19. The molecule has 1 unspecified atom stereocenters. The zero-order valence-electron chi connectivity index (χ0n) is 21.8. The number of aromatic nitrogens is 1. The van der Waals surface area contributed by atoms with Gasteiger partial charge in [0.15, 0.2) is 0 Å². The smallest absolute Gasteiger partial charge is 0.265 e. The molecule has 1 amide bonds. The van der Waals surface area contributed by atoms with Gasteiger partial charge in [-0.15, -0.1) is 0 Å². The number of benzene rings is 2. The van der Waals surface area contributed by atoms with Crippen LogP contribution in [-0.2, 0) is 22.0 Å². The maximum Gasteiger partial charge on any atom is 0.265 e. The number of rotatable bonds is 7. The molecule has 3 aromatic rings. The highest BCUT2D eigenvalue weighted by molar-refractivity contribution is 7.99. The highest BCUT2D eigenvalue weighted by Gasteiger charge is 2.60. The van der Waals surface area contributed by atoms with Gasteiger partial charge in [0, 0.05) is 22.7 Å². The average Bonchev–Trinajstić information content (AvgIpc) is 3.76. The van der Waals surface area contributed by atoms with E-state index in [9.17, 15) is 26.4 Å². The highest BCUT2D eigenvalue weighted by atomic mass is 32.2. The first-order valence-electron chi connectivity index (χ1n) is 13.4. The van der Waals surface area contributed by atoms with Crippen LogP contribution in [0.2, 0.25) is 0 Å². The second-order valence-corrected chi connectivity index (χ2v) is 13.7. The lowest BCUT2D eigenvalue weighted by Crippen LogP contribution is -2.50. The third kappa shape index (κ3) is 4.78. The second kappa shape index (κ2) is 10.6. The number of nitrogens with one attached hydrogen (secondary N) is 1. The number of alkyl halides is 2. The van der Waals surface area contributed by atoms with Crippen LogP contribution in [-0.4, -0.2) is 36.9 Å². The number of hydrogen-bond donors (Lipinski definition) is 1. The van der Waals surface area contributed by atoms with E-state index < -0.39 is 45.4 Å². The molecule has 2 aliphatic heterocycles. The maximum atomic E-state index is 16.6. The van der Waals surface area contributed by atoms with Gasteiger partial charge < -0.3 is 5.32 Å². The second-order valence-electron chi connectivity index (χ2n) is 10.6. The molecule has 0 radical (unpaired) electrons. The largest absolute Gasteiger partial charge is 0.346 e. The van der Waals surface area contributed by atoms with E-state index in [0.29, 0.717) is 24.3 Å². The summed E-state index contributed by atoms with van der Waals surface area (Å²) in [6, 6.07) is 9.33. The SMILES string of the molecule is O=C(NCc1ncccc1C(F)F)c1ccc2c(c1F)C1(CCSCC1)C(C1CC1)N2S(=O)(=O)c1ccc(F)cc1. The van der Waals surface area contributed by atoms with Crippen LogP contribution < -0.4 is 9.62 Å². The first-order chi connectivity index (χ1) is 19.6. The number of carbonyl (C=O) groups excluding carboxylic acids is 1. The van der Waals surface area contributed by atoms with Crippen LogP contribution in [0.15, 0.2) is 59.6 Å². The molecule has 1 aromatic heterocycles. The van der Waals surface area contributed by atoms with Crippen LogP contribution in [0.3, 0.4) is 0 Å². The molecule has 2 aromatic carbocycles. The number of anilines is 1. The number of amides is 1. The Kier molecular flexibility index (Phi) is 7.25. The van der Waals surface area contributed by atoms with E-state index in [2.05, 4.69) is 10.3 Å². The normalized spacial score (nSPS) is 19.9. The van der Waals surface area contributed by atoms with Crippen molar-refractivity contribution in [3.05, 3.63) is 88.7 Å². The lowest BCUT2D eigenvalue weighted by atomic mass is 9.70. The van der Waals surface area contributed by atoms with Crippen molar-refractivity contribution in [2.24, 2.45) is 5.92 Å². The third-order valence-corrected chi connectivity index (χ3v) is 11.1. The third-order valence-electron chi connectivity index (χ3n) is 8.32. The van der Waals surface area contributed by atoms with Crippen molar-refractivity contribution in [2.45, 2.75) is 55.0 Å². The first kappa shape index (κ1) is 28.0. The van der Waals surface area contributed by atoms with Gasteiger partial charge in [-0.2, -0.15) is 11.8 Å². The monoisotopic (exact) mass is 605 g/mol. The number of nitrogens with zero attached hydrogens (tertiary/aromatic N) is 2. The molecule has 6 nitrogen and oxygen atoms in total. The van der Waals surface area contributed by atoms with Gasteiger partial charge >= 0.3 is 0 Å². The molecule has 0 bridgehead atoms. The van der Waals surface area contributed by atoms with Gasteiger partial charge in [-0.05, 0) is 91.6 Å². The number of sulfonamides is 1. The van der Waals surface area contributed by atoms with Crippen LogP contribution >= 0.6 is 11.8 Å². The Morgan fingerprint density at radius 1 is 1.07 bits per heavy atom. The fraction of sp³-hybridized carbons (Fsp3) is 0.379. The summed E-state index contributed by atoms with van der Waals surface area (Å²) >= 11 is 1.72. The van der Waals surface area contributed by atoms with Gasteiger partial charge in [0.25, 0.3) is 22.4 Å². The predicted octanol–water partition coefficient (Wildman–Crippen LogP) is 5.98. The van der Waals surface area contributed by atoms with Gasteiger partial charge in [0.2, 0.25) is 0 Å². The lowest BCUT2D eigenvalue weighted by Gasteiger charge is -2.41. The molecule has 3 aliphatic rings. The van der Waals surface area contributed by atoms with Gasteiger partial charge in [-0.25, -0.2) is 26.0 Å². The summed E-state index contributed by atoms with van der Waals surface area (Å²) in [6.45, 7) is -0.326. The van der Waals surface area contributed by atoms with Crippen molar-refractivity contribution in [3.8, 4) is 0 Å². The minimum absolute atomic E-state index is 0.0225. The lowest BCUT2D eigenvalue weighted by molar-refractivity contribution is 0.0944. The molecule has 12 heteroatoms. The van der Waals surface area contributed by atoms with E-state index >= 15 is 4.39 Å². The van der Waals surface area contributed by atoms with Gasteiger partial charge in [-0.1, -0.05) is 0 Å².